The van der Waals surface area contributed by atoms with Gasteiger partial charge in [0.15, 0.2) is 17.1 Å². The fourth-order valence-electron chi connectivity index (χ4n) is 4.90. The lowest BCUT2D eigenvalue weighted by Crippen LogP contribution is -2.49. The first-order valence-corrected chi connectivity index (χ1v) is 12.1. The Morgan fingerprint density at radius 1 is 0.972 bits per heavy atom. The van der Waals surface area contributed by atoms with Gasteiger partial charge >= 0.3 is 6.03 Å². The summed E-state index contributed by atoms with van der Waals surface area (Å²) in [6.45, 7) is 7.91. The number of carbonyl (C=O) groups is 1. The van der Waals surface area contributed by atoms with Crippen LogP contribution in [-0.4, -0.2) is 63.3 Å². The molecule has 4 aromatic rings. The van der Waals surface area contributed by atoms with Crippen LogP contribution in [0.25, 0.3) is 16.9 Å². The number of benzene rings is 2. The molecule has 0 saturated carbocycles. The number of piperazine rings is 1. The predicted molar refractivity (Wildman–Crippen MR) is 137 cm³/mol. The fourth-order valence-corrected chi connectivity index (χ4v) is 4.90. The number of urea groups is 1. The van der Waals surface area contributed by atoms with Gasteiger partial charge in [0.1, 0.15) is 11.3 Å². The van der Waals surface area contributed by atoms with Gasteiger partial charge in [-0.3, -0.25) is 9.47 Å². The van der Waals surface area contributed by atoms with Crippen molar-refractivity contribution in [2.75, 3.05) is 38.3 Å². The van der Waals surface area contributed by atoms with Gasteiger partial charge in [0.2, 0.25) is 6.79 Å². The number of amides is 2. The van der Waals surface area contributed by atoms with E-state index in [1.54, 1.807) is 6.07 Å². The molecule has 0 radical (unpaired) electrons. The molecule has 2 aliphatic heterocycles. The molecule has 2 aliphatic rings. The first-order valence-electron chi connectivity index (χ1n) is 12.1. The number of anilines is 1. The minimum Gasteiger partial charge on any atom is -0.454 e. The lowest BCUT2D eigenvalue weighted by atomic mass is 10.1. The minimum absolute atomic E-state index is 0.111. The summed E-state index contributed by atoms with van der Waals surface area (Å²) < 4.78 is 12.9. The smallest absolute Gasteiger partial charge is 0.321 e. The first-order chi connectivity index (χ1) is 17.5. The van der Waals surface area contributed by atoms with Gasteiger partial charge in [0, 0.05) is 49.8 Å². The molecule has 36 heavy (non-hydrogen) atoms. The summed E-state index contributed by atoms with van der Waals surface area (Å²) in [7, 11) is 0. The maximum Gasteiger partial charge on any atom is 0.321 e. The summed E-state index contributed by atoms with van der Waals surface area (Å²) >= 11 is 0. The van der Waals surface area contributed by atoms with Crippen molar-refractivity contribution in [3.05, 3.63) is 71.7 Å². The molecular weight excluding hydrogens is 456 g/mol. The second kappa shape index (κ2) is 9.16. The van der Waals surface area contributed by atoms with Gasteiger partial charge in [-0.1, -0.05) is 6.07 Å². The third-order valence-corrected chi connectivity index (χ3v) is 6.60. The standard InChI is InChI=1S/C27H28N6O3/c1-18-12-19(2)14-21(13-18)33-25(30-22-4-3-7-28-26(22)33)16-31-8-10-32(11-9-31)27(34)29-20-5-6-23-24(15-20)36-17-35-23/h3-7,12-15H,8-11,16-17H2,1-2H3,(H,29,34). The summed E-state index contributed by atoms with van der Waals surface area (Å²) in [6.07, 6.45) is 1.81. The molecule has 9 nitrogen and oxygen atoms in total. The molecule has 0 spiro atoms. The Labute approximate surface area is 209 Å². The van der Waals surface area contributed by atoms with Crippen LogP contribution in [0.2, 0.25) is 0 Å². The monoisotopic (exact) mass is 484 g/mol. The molecule has 2 amide bonds. The largest absolute Gasteiger partial charge is 0.454 e. The summed E-state index contributed by atoms with van der Waals surface area (Å²) in [5.74, 6) is 2.30. The van der Waals surface area contributed by atoms with Crippen molar-refractivity contribution in [3.8, 4) is 17.2 Å². The van der Waals surface area contributed by atoms with E-state index in [4.69, 9.17) is 14.5 Å². The van der Waals surface area contributed by atoms with E-state index < -0.39 is 0 Å². The molecule has 1 saturated heterocycles. The van der Waals surface area contributed by atoms with Crippen LogP contribution in [0, 0.1) is 13.8 Å². The number of imidazole rings is 1. The van der Waals surface area contributed by atoms with Crippen molar-refractivity contribution in [3.63, 3.8) is 0 Å². The van der Waals surface area contributed by atoms with Crippen molar-refractivity contribution in [2.24, 2.45) is 0 Å². The Hall–Kier alpha value is -4.11. The van der Waals surface area contributed by atoms with E-state index in [0.29, 0.717) is 36.8 Å². The SMILES string of the molecule is Cc1cc(C)cc(-n2c(CN3CCN(C(=O)Nc4ccc5c(c4)OCO5)CC3)nc3cccnc32)c1. The zero-order valence-corrected chi connectivity index (χ0v) is 20.4. The molecule has 1 fully saturated rings. The molecular formula is C27H28N6O3. The lowest BCUT2D eigenvalue weighted by Gasteiger charge is -2.34. The Kier molecular flexibility index (Phi) is 5.69. The van der Waals surface area contributed by atoms with Crippen LogP contribution in [0.3, 0.4) is 0 Å². The van der Waals surface area contributed by atoms with E-state index in [-0.39, 0.29) is 12.8 Å². The number of pyridine rings is 1. The maximum absolute atomic E-state index is 12.9. The number of aromatic nitrogens is 3. The van der Waals surface area contributed by atoms with Gasteiger partial charge in [0.05, 0.1) is 6.54 Å². The molecule has 9 heteroatoms. The quantitative estimate of drug-likeness (QED) is 0.469. The second-order valence-corrected chi connectivity index (χ2v) is 9.32. The lowest BCUT2D eigenvalue weighted by molar-refractivity contribution is 0.140. The van der Waals surface area contributed by atoms with E-state index in [1.165, 1.54) is 11.1 Å². The average Bonchev–Trinajstić information content (AvgIpc) is 3.47. The first kappa shape index (κ1) is 22.4. The number of rotatable bonds is 4. The Morgan fingerprint density at radius 3 is 2.56 bits per heavy atom. The minimum atomic E-state index is -0.111. The van der Waals surface area contributed by atoms with E-state index in [2.05, 4.69) is 51.8 Å². The Bertz CT molecular complexity index is 1420. The normalized spacial score (nSPS) is 15.4. The topological polar surface area (TPSA) is 84.8 Å². The molecule has 2 aromatic heterocycles. The molecule has 0 unspecified atom stereocenters. The number of aryl methyl sites for hydroxylation is 2. The van der Waals surface area contributed by atoms with Crippen LogP contribution >= 0.6 is 0 Å². The zero-order valence-electron chi connectivity index (χ0n) is 20.4. The summed E-state index contributed by atoms with van der Waals surface area (Å²) in [5, 5.41) is 2.97. The zero-order chi connectivity index (χ0) is 24.6. The Morgan fingerprint density at radius 2 is 1.75 bits per heavy atom. The van der Waals surface area contributed by atoms with Crippen molar-refractivity contribution < 1.29 is 14.3 Å². The molecule has 0 bridgehead atoms. The van der Waals surface area contributed by atoms with Gasteiger partial charge < -0.3 is 19.7 Å². The molecule has 2 aromatic carbocycles. The number of hydrogen-bond acceptors (Lipinski definition) is 6. The van der Waals surface area contributed by atoms with Crippen LogP contribution in [0.4, 0.5) is 10.5 Å². The predicted octanol–water partition coefficient (Wildman–Crippen LogP) is 4.12. The highest BCUT2D eigenvalue weighted by Gasteiger charge is 2.24. The Balaban J connectivity index is 1.15. The molecule has 0 atom stereocenters. The van der Waals surface area contributed by atoms with Crippen LogP contribution in [0.15, 0.2) is 54.7 Å². The van der Waals surface area contributed by atoms with Gasteiger partial charge in [-0.15, -0.1) is 0 Å². The number of carbonyl (C=O) groups excluding carboxylic acids is 1. The van der Waals surface area contributed by atoms with E-state index >= 15 is 0 Å². The maximum atomic E-state index is 12.9. The van der Waals surface area contributed by atoms with Crippen molar-refractivity contribution in [2.45, 2.75) is 20.4 Å². The highest BCUT2D eigenvalue weighted by molar-refractivity contribution is 5.89. The highest BCUT2D eigenvalue weighted by atomic mass is 16.7. The fraction of sp³-hybridized carbons (Fsp3) is 0.296. The molecule has 6 rings (SSSR count). The molecule has 1 N–H and O–H groups in total. The van der Waals surface area contributed by atoms with Crippen molar-refractivity contribution in [1.29, 1.82) is 0 Å². The highest BCUT2D eigenvalue weighted by Crippen LogP contribution is 2.34. The van der Waals surface area contributed by atoms with E-state index in [1.807, 2.05) is 35.4 Å². The van der Waals surface area contributed by atoms with Crippen molar-refractivity contribution in [1.82, 2.24) is 24.3 Å². The third kappa shape index (κ3) is 4.33. The van der Waals surface area contributed by atoms with Crippen LogP contribution in [-0.2, 0) is 6.54 Å². The molecule has 184 valence electrons. The number of fused-ring (bicyclic) bond motifs is 2. The van der Waals surface area contributed by atoms with Gasteiger partial charge in [-0.05, 0) is 61.4 Å². The van der Waals surface area contributed by atoms with E-state index in [0.717, 1.165) is 35.8 Å². The van der Waals surface area contributed by atoms with Gasteiger partial charge in [-0.25, -0.2) is 14.8 Å². The van der Waals surface area contributed by atoms with E-state index in [9.17, 15) is 4.79 Å². The summed E-state index contributed by atoms with van der Waals surface area (Å²) in [5.41, 5.74) is 5.92. The van der Waals surface area contributed by atoms with Crippen LogP contribution < -0.4 is 14.8 Å². The van der Waals surface area contributed by atoms with Crippen molar-refractivity contribution >= 4 is 22.9 Å². The van der Waals surface area contributed by atoms with Crippen LogP contribution in [0.1, 0.15) is 17.0 Å². The number of hydrogen-bond donors (Lipinski definition) is 1. The average molecular weight is 485 g/mol. The van der Waals surface area contributed by atoms with Crippen LogP contribution in [0.5, 0.6) is 11.5 Å². The second-order valence-electron chi connectivity index (χ2n) is 9.32. The summed E-state index contributed by atoms with van der Waals surface area (Å²) in [6, 6.07) is 15.8. The molecule has 0 aliphatic carbocycles. The van der Waals surface area contributed by atoms with Gasteiger partial charge in [-0.2, -0.15) is 0 Å². The van der Waals surface area contributed by atoms with Gasteiger partial charge in [0.25, 0.3) is 0 Å². The third-order valence-electron chi connectivity index (χ3n) is 6.60. The number of ether oxygens (including phenoxy) is 2. The number of nitrogens with zero attached hydrogens (tertiary/aromatic N) is 5. The summed E-state index contributed by atoms with van der Waals surface area (Å²) in [4.78, 5) is 26.6. The number of nitrogens with one attached hydrogen (secondary N) is 1. The molecule has 4 heterocycles.